The highest BCUT2D eigenvalue weighted by molar-refractivity contribution is 6.38. The van der Waals surface area contributed by atoms with Gasteiger partial charge in [-0.15, -0.1) is 0 Å². The van der Waals surface area contributed by atoms with Crippen LogP contribution in [-0.4, -0.2) is 43.8 Å². The van der Waals surface area contributed by atoms with Gasteiger partial charge in [0.2, 0.25) is 11.8 Å². The first-order valence-corrected chi connectivity index (χ1v) is 9.69. The molecule has 3 aliphatic rings. The maximum atomic E-state index is 12.8. The second kappa shape index (κ2) is 5.76. The smallest absolute Gasteiger partial charge is 0.330 e. The molecule has 0 radical (unpaired) electrons. The number of carbonyl (C=O) groups excluding carboxylic acids is 2. The first kappa shape index (κ1) is 18.9. The van der Waals surface area contributed by atoms with E-state index in [1.165, 1.54) is 0 Å². The highest BCUT2D eigenvalue weighted by atomic mass is 16.3. The molecule has 0 spiro atoms. The highest BCUT2D eigenvalue weighted by Crippen LogP contribution is 2.56. The molecule has 2 amide bonds. The Morgan fingerprint density at radius 2 is 1.54 bits per heavy atom. The van der Waals surface area contributed by atoms with Gasteiger partial charge in [0, 0.05) is 34.0 Å². The molecule has 0 saturated carbocycles. The lowest BCUT2D eigenvalue weighted by atomic mass is 9.79. The van der Waals surface area contributed by atoms with Crippen LogP contribution in [0.1, 0.15) is 69.9 Å². The van der Waals surface area contributed by atoms with Crippen LogP contribution in [0.25, 0.3) is 0 Å². The van der Waals surface area contributed by atoms with Gasteiger partial charge >= 0.3 is 11.8 Å². The summed E-state index contributed by atoms with van der Waals surface area (Å²) in [5, 5.41) is 26.6. The minimum atomic E-state index is -1.12. The third-order valence-electron chi connectivity index (χ3n) is 6.15. The van der Waals surface area contributed by atoms with Crippen molar-refractivity contribution in [1.29, 1.82) is 0 Å². The van der Waals surface area contributed by atoms with E-state index in [4.69, 9.17) is 5.73 Å². The number of nitrogens with zero attached hydrogens (tertiary/aromatic N) is 2. The van der Waals surface area contributed by atoms with Crippen LogP contribution in [-0.2, 0) is 9.59 Å². The van der Waals surface area contributed by atoms with Gasteiger partial charge in [-0.25, -0.2) is 5.01 Å². The van der Waals surface area contributed by atoms with Crippen molar-refractivity contribution in [2.45, 2.75) is 75.9 Å². The molecule has 2 bridgehead atoms. The number of hydrogen-bond donors (Lipinski definition) is 4. The molecule has 1 fully saturated rings. The van der Waals surface area contributed by atoms with Crippen molar-refractivity contribution >= 4 is 11.8 Å². The maximum Gasteiger partial charge on any atom is 0.330 e. The molecule has 4 rings (SSSR count). The average Bonchev–Trinajstić information content (AvgIpc) is 3.21. The number of nitrogens with one attached hydrogen (secondary N) is 1. The summed E-state index contributed by atoms with van der Waals surface area (Å²) in [7, 11) is 0. The van der Waals surface area contributed by atoms with E-state index in [-0.39, 0.29) is 34.7 Å². The normalized spacial score (nSPS) is 27.0. The molecule has 5 N–H and O–H groups in total. The summed E-state index contributed by atoms with van der Waals surface area (Å²) in [6, 6.07) is -0.429. The number of aromatic nitrogens is 1. The molecule has 2 unspecified atom stereocenters. The minimum absolute atomic E-state index is 0.0126. The number of carbonyl (C=O) groups is 2. The Hall–Kier alpha value is -2.48. The third kappa shape index (κ3) is 2.70. The third-order valence-corrected chi connectivity index (χ3v) is 6.15. The quantitative estimate of drug-likeness (QED) is 0.449. The monoisotopic (exact) mass is 388 g/mol. The molecule has 2 heterocycles. The molecule has 8 nitrogen and oxygen atoms in total. The molecule has 1 aromatic heterocycles. The molecule has 1 aliphatic heterocycles. The number of aromatic hydroxyl groups is 2. The van der Waals surface area contributed by atoms with Gasteiger partial charge in [0.25, 0.3) is 0 Å². The topological polar surface area (TPSA) is 121 Å². The van der Waals surface area contributed by atoms with Crippen molar-refractivity contribution in [3.05, 3.63) is 23.3 Å². The molecular formula is C20H28N4O4. The Morgan fingerprint density at radius 3 is 1.96 bits per heavy atom. The van der Waals surface area contributed by atoms with Crippen LogP contribution < -0.4 is 16.1 Å². The Bertz CT molecular complexity index is 847. The van der Waals surface area contributed by atoms with E-state index < -0.39 is 17.9 Å². The first-order chi connectivity index (χ1) is 12.9. The minimum Gasteiger partial charge on any atom is -0.493 e. The van der Waals surface area contributed by atoms with Crippen LogP contribution in [0.2, 0.25) is 0 Å². The number of allylic oxidation sites excluding steroid dienone is 2. The number of hydrogen-bond acceptors (Lipinski definition) is 5. The molecule has 1 aromatic rings. The van der Waals surface area contributed by atoms with E-state index in [0.29, 0.717) is 24.0 Å². The number of fused-ring (bicyclic) bond motifs is 5. The van der Waals surface area contributed by atoms with E-state index in [9.17, 15) is 19.8 Å². The van der Waals surface area contributed by atoms with Crippen molar-refractivity contribution in [3.63, 3.8) is 0 Å². The van der Waals surface area contributed by atoms with Crippen LogP contribution in [0.15, 0.2) is 12.2 Å². The van der Waals surface area contributed by atoms with Crippen LogP contribution >= 0.6 is 0 Å². The van der Waals surface area contributed by atoms with Crippen LogP contribution in [0.5, 0.6) is 11.8 Å². The van der Waals surface area contributed by atoms with Gasteiger partial charge in [0.1, 0.15) is 0 Å². The van der Waals surface area contributed by atoms with Crippen LogP contribution in [0.4, 0.5) is 0 Å². The van der Waals surface area contributed by atoms with Gasteiger partial charge in [-0.2, -0.15) is 4.68 Å². The molecular weight excluding hydrogens is 360 g/mol. The molecule has 8 heteroatoms. The summed E-state index contributed by atoms with van der Waals surface area (Å²) in [5.74, 6) is -2.42. The number of piperidine rings is 1. The lowest BCUT2D eigenvalue weighted by molar-refractivity contribution is -0.137. The zero-order valence-corrected chi connectivity index (χ0v) is 16.7. The van der Waals surface area contributed by atoms with E-state index in [1.807, 2.05) is 39.8 Å². The fourth-order valence-electron chi connectivity index (χ4n) is 5.61. The summed E-state index contributed by atoms with van der Waals surface area (Å²) in [6.07, 6.45) is 5.88. The van der Waals surface area contributed by atoms with E-state index in [1.54, 1.807) is 0 Å². The summed E-state index contributed by atoms with van der Waals surface area (Å²) in [5.41, 5.74) is 5.99. The standard InChI is InChI=1S/C20H28N4O4/c1-19(2)8-12(9-20(3,4)22-19)23(18(28)15(21)25)24-16(26)13-10-5-6-11(7-10)14(13)17(24)27/h5-6,10-12,22,26-27H,7-9H2,1-4H3,(H2,21,25). The molecule has 28 heavy (non-hydrogen) atoms. The first-order valence-electron chi connectivity index (χ1n) is 9.69. The zero-order chi connectivity index (χ0) is 20.6. The van der Waals surface area contributed by atoms with Gasteiger partial charge in [0.05, 0.1) is 6.04 Å². The maximum absolute atomic E-state index is 12.8. The van der Waals surface area contributed by atoms with Gasteiger partial charge in [-0.05, 0) is 47.0 Å². The van der Waals surface area contributed by atoms with Gasteiger partial charge in [-0.1, -0.05) is 12.2 Å². The predicted molar refractivity (Wildman–Crippen MR) is 104 cm³/mol. The fraction of sp³-hybridized carbons (Fsp3) is 0.600. The van der Waals surface area contributed by atoms with Crippen molar-refractivity contribution in [2.24, 2.45) is 5.73 Å². The number of rotatable bonds is 2. The van der Waals surface area contributed by atoms with Crippen molar-refractivity contribution in [1.82, 2.24) is 9.99 Å². The Labute approximate surface area is 164 Å². The van der Waals surface area contributed by atoms with Gasteiger partial charge < -0.3 is 21.3 Å². The summed E-state index contributed by atoms with van der Waals surface area (Å²) >= 11 is 0. The van der Waals surface area contributed by atoms with E-state index in [0.717, 1.165) is 16.1 Å². The Kier molecular flexibility index (Phi) is 3.88. The van der Waals surface area contributed by atoms with Crippen molar-refractivity contribution in [3.8, 4) is 11.8 Å². The van der Waals surface area contributed by atoms with Crippen molar-refractivity contribution in [2.75, 3.05) is 5.01 Å². The summed E-state index contributed by atoms with van der Waals surface area (Å²) in [6.45, 7) is 8.08. The van der Waals surface area contributed by atoms with Gasteiger partial charge in [0.15, 0.2) is 0 Å². The largest absolute Gasteiger partial charge is 0.493 e. The molecule has 2 aliphatic carbocycles. The SMILES string of the molecule is CC1(C)CC(N(C(=O)C(N)=O)n2c(O)c3c(c2O)C2C=CC3C2)CC(C)(C)N1. The zero-order valence-electron chi connectivity index (χ0n) is 16.7. The highest BCUT2D eigenvalue weighted by Gasteiger charge is 2.47. The fourth-order valence-corrected chi connectivity index (χ4v) is 5.61. The predicted octanol–water partition coefficient (Wildman–Crippen LogP) is 1.30. The lowest BCUT2D eigenvalue weighted by Gasteiger charge is -2.49. The van der Waals surface area contributed by atoms with Crippen LogP contribution in [0.3, 0.4) is 0 Å². The Balaban J connectivity index is 1.84. The second-order valence-corrected chi connectivity index (χ2v) is 9.59. The molecule has 0 aromatic carbocycles. The van der Waals surface area contributed by atoms with E-state index in [2.05, 4.69) is 5.32 Å². The van der Waals surface area contributed by atoms with E-state index >= 15 is 0 Å². The number of amides is 2. The van der Waals surface area contributed by atoms with Crippen LogP contribution in [0, 0.1) is 0 Å². The second-order valence-electron chi connectivity index (χ2n) is 9.59. The summed E-state index contributed by atoms with van der Waals surface area (Å²) < 4.78 is 1.10. The number of primary amides is 1. The average molecular weight is 388 g/mol. The van der Waals surface area contributed by atoms with Gasteiger partial charge in [-0.3, -0.25) is 9.59 Å². The molecule has 2 atom stereocenters. The molecule has 152 valence electrons. The summed E-state index contributed by atoms with van der Waals surface area (Å²) in [4.78, 5) is 24.7. The Morgan fingerprint density at radius 1 is 1.07 bits per heavy atom. The van der Waals surface area contributed by atoms with Crippen molar-refractivity contribution < 1.29 is 19.8 Å². The lowest BCUT2D eigenvalue weighted by Crippen LogP contribution is -2.65. The number of nitrogens with two attached hydrogens (primary N) is 1. The molecule has 1 saturated heterocycles.